The third-order valence-electron chi connectivity index (χ3n) is 4.14. The van der Waals surface area contributed by atoms with Crippen LogP contribution in [-0.2, 0) is 11.3 Å². The molecule has 1 aromatic heterocycles. The first kappa shape index (κ1) is 19.6. The molecule has 0 fully saturated rings. The number of aromatic nitrogens is 2. The predicted octanol–water partition coefficient (Wildman–Crippen LogP) is -1.26. The molecule has 0 saturated heterocycles. The molecule has 28 heavy (non-hydrogen) atoms. The second kappa shape index (κ2) is 8.23. The summed E-state index contributed by atoms with van der Waals surface area (Å²) >= 11 is 0. The first-order valence-electron chi connectivity index (χ1n) is 8.56. The molecule has 3 rings (SSSR count). The van der Waals surface area contributed by atoms with Crippen molar-refractivity contribution in [1.82, 2.24) is 15.1 Å². The van der Waals surface area contributed by atoms with E-state index in [1.54, 1.807) is 6.92 Å². The number of hydrogen-bond donors (Lipinski definition) is 3. The standard InChI is InChI=1S/C17H18BN3O7/c1-2-27-17(24)14-6-15-21(20-14)7-12(9-28-15)19-16(23)10-3-4-13(18(25)26)11(5-10)8-22/h3-6,8,12,25-26H,2,7,9H2,1H3,(H,19,23). The van der Waals surface area contributed by atoms with E-state index in [0.29, 0.717) is 12.2 Å². The predicted molar refractivity (Wildman–Crippen MR) is 96.6 cm³/mol. The molecule has 3 N–H and O–H groups in total. The SMILES string of the molecule is CCOC(=O)c1cc2n(n1)CC(NC(=O)c1ccc(B(O)O)c(C=O)c1)CO2. The van der Waals surface area contributed by atoms with Crippen LogP contribution in [0.15, 0.2) is 24.3 Å². The molecule has 2 heterocycles. The zero-order chi connectivity index (χ0) is 20.3. The van der Waals surface area contributed by atoms with Gasteiger partial charge >= 0.3 is 13.1 Å². The molecule has 0 aliphatic carbocycles. The Hall–Kier alpha value is -3.18. The van der Waals surface area contributed by atoms with Crippen molar-refractivity contribution in [3.8, 4) is 5.88 Å². The highest BCUT2D eigenvalue weighted by Crippen LogP contribution is 2.19. The molecule has 1 aliphatic rings. The molecule has 0 radical (unpaired) electrons. The third-order valence-corrected chi connectivity index (χ3v) is 4.14. The van der Waals surface area contributed by atoms with Gasteiger partial charge in [-0.3, -0.25) is 9.59 Å². The topological polar surface area (TPSA) is 140 Å². The highest BCUT2D eigenvalue weighted by Gasteiger charge is 2.26. The van der Waals surface area contributed by atoms with Crippen molar-refractivity contribution in [3.63, 3.8) is 0 Å². The number of carbonyl (C=O) groups excluding carboxylic acids is 3. The van der Waals surface area contributed by atoms with Crippen LogP contribution < -0.4 is 15.5 Å². The van der Waals surface area contributed by atoms with Crippen LogP contribution in [0, 0.1) is 0 Å². The van der Waals surface area contributed by atoms with E-state index in [4.69, 9.17) is 9.47 Å². The quantitative estimate of drug-likeness (QED) is 0.317. The van der Waals surface area contributed by atoms with Crippen LogP contribution in [-0.4, -0.2) is 64.4 Å². The maximum absolute atomic E-state index is 12.5. The summed E-state index contributed by atoms with van der Waals surface area (Å²) in [7, 11) is -1.81. The molecule has 146 valence electrons. The van der Waals surface area contributed by atoms with Gasteiger partial charge in [0.15, 0.2) is 5.69 Å². The van der Waals surface area contributed by atoms with Gasteiger partial charge in [-0.15, -0.1) is 0 Å². The van der Waals surface area contributed by atoms with Crippen molar-refractivity contribution >= 4 is 30.7 Å². The minimum absolute atomic E-state index is 0.0102. The molecule has 1 aromatic carbocycles. The number of esters is 1. The summed E-state index contributed by atoms with van der Waals surface area (Å²) in [5, 5.41) is 25.3. The molecule has 0 saturated carbocycles. The minimum atomic E-state index is -1.81. The van der Waals surface area contributed by atoms with E-state index in [2.05, 4.69) is 10.4 Å². The van der Waals surface area contributed by atoms with Gasteiger partial charge in [-0.1, -0.05) is 6.07 Å². The van der Waals surface area contributed by atoms with Crippen molar-refractivity contribution in [2.24, 2.45) is 0 Å². The van der Waals surface area contributed by atoms with Gasteiger partial charge in [0.1, 0.15) is 12.9 Å². The molecule has 1 unspecified atom stereocenters. The lowest BCUT2D eigenvalue weighted by Gasteiger charge is -2.24. The largest absolute Gasteiger partial charge is 0.489 e. The lowest BCUT2D eigenvalue weighted by molar-refractivity contribution is 0.0517. The van der Waals surface area contributed by atoms with Gasteiger partial charge in [0.05, 0.1) is 19.2 Å². The van der Waals surface area contributed by atoms with Crippen LogP contribution in [0.3, 0.4) is 0 Å². The first-order chi connectivity index (χ1) is 13.4. The fourth-order valence-electron chi connectivity index (χ4n) is 2.81. The number of amides is 1. The van der Waals surface area contributed by atoms with Crippen molar-refractivity contribution in [1.29, 1.82) is 0 Å². The van der Waals surface area contributed by atoms with Crippen molar-refractivity contribution in [3.05, 3.63) is 41.1 Å². The Morgan fingerprint density at radius 2 is 2.21 bits per heavy atom. The zero-order valence-corrected chi connectivity index (χ0v) is 15.0. The number of nitrogens with one attached hydrogen (secondary N) is 1. The van der Waals surface area contributed by atoms with Gasteiger partial charge in [0, 0.05) is 17.2 Å². The summed E-state index contributed by atoms with van der Waals surface area (Å²) in [6, 6.07) is 5.03. The molecule has 0 bridgehead atoms. The highest BCUT2D eigenvalue weighted by atomic mass is 16.5. The lowest BCUT2D eigenvalue weighted by atomic mass is 9.77. The van der Waals surface area contributed by atoms with Gasteiger partial charge in [-0.05, 0) is 24.5 Å². The molecule has 1 atom stereocenters. The minimum Gasteiger partial charge on any atom is -0.476 e. The van der Waals surface area contributed by atoms with E-state index >= 15 is 0 Å². The number of rotatable bonds is 6. The summed E-state index contributed by atoms with van der Waals surface area (Å²) in [4.78, 5) is 35.3. The van der Waals surface area contributed by atoms with Gasteiger partial charge in [0.2, 0.25) is 5.88 Å². The number of hydrogen-bond acceptors (Lipinski definition) is 8. The molecule has 1 amide bonds. The molecular formula is C17H18BN3O7. The van der Waals surface area contributed by atoms with Crippen molar-refractivity contribution in [2.45, 2.75) is 19.5 Å². The number of fused-ring (bicyclic) bond motifs is 1. The van der Waals surface area contributed by atoms with E-state index in [-0.39, 0.29) is 42.0 Å². The van der Waals surface area contributed by atoms with E-state index in [9.17, 15) is 24.4 Å². The number of carbonyl (C=O) groups is 3. The maximum atomic E-state index is 12.5. The lowest BCUT2D eigenvalue weighted by Crippen LogP contribution is -2.45. The second-order valence-electron chi connectivity index (χ2n) is 6.09. The van der Waals surface area contributed by atoms with Crippen LogP contribution in [0.5, 0.6) is 5.88 Å². The van der Waals surface area contributed by atoms with Gasteiger partial charge < -0.3 is 24.8 Å². The molecule has 0 spiro atoms. The van der Waals surface area contributed by atoms with E-state index in [0.717, 1.165) is 0 Å². The summed E-state index contributed by atoms with van der Waals surface area (Å²) in [6.07, 6.45) is 0.447. The smallest absolute Gasteiger partial charge is 0.476 e. The molecule has 10 nitrogen and oxygen atoms in total. The molecule has 2 aromatic rings. The fourth-order valence-corrected chi connectivity index (χ4v) is 2.81. The second-order valence-corrected chi connectivity index (χ2v) is 6.09. The average Bonchev–Trinajstić information content (AvgIpc) is 3.11. The van der Waals surface area contributed by atoms with E-state index in [1.165, 1.54) is 28.9 Å². The Bertz CT molecular complexity index is 912. The Morgan fingerprint density at radius 3 is 2.89 bits per heavy atom. The zero-order valence-electron chi connectivity index (χ0n) is 15.0. The monoisotopic (exact) mass is 387 g/mol. The Kier molecular flexibility index (Phi) is 5.76. The Balaban J connectivity index is 1.69. The Morgan fingerprint density at radius 1 is 1.43 bits per heavy atom. The normalized spacial score (nSPS) is 15.2. The number of benzene rings is 1. The van der Waals surface area contributed by atoms with Crippen molar-refractivity contribution in [2.75, 3.05) is 13.2 Å². The first-order valence-corrected chi connectivity index (χ1v) is 8.56. The third kappa shape index (κ3) is 4.05. The van der Waals surface area contributed by atoms with Gasteiger partial charge in [-0.2, -0.15) is 5.10 Å². The van der Waals surface area contributed by atoms with Crippen LogP contribution >= 0.6 is 0 Å². The van der Waals surface area contributed by atoms with Crippen LogP contribution in [0.25, 0.3) is 0 Å². The van der Waals surface area contributed by atoms with Crippen molar-refractivity contribution < 1.29 is 33.9 Å². The van der Waals surface area contributed by atoms with Gasteiger partial charge in [-0.25, -0.2) is 9.48 Å². The van der Waals surface area contributed by atoms with Crippen LogP contribution in [0.2, 0.25) is 0 Å². The number of ether oxygens (including phenoxy) is 2. The molecule has 1 aliphatic heterocycles. The number of aldehydes is 1. The Labute approximate surface area is 160 Å². The van der Waals surface area contributed by atoms with Gasteiger partial charge in [0.25, 0.3) is 5.91 Å². The highest BCUT2D eigenvalue weighted by molar-refractivity contribution is 6.60. The van der Waals surface area contributed by atoms with Crippen LogP contribution in [0.1, 0.15) is 38.1 Å². The fraction of sp³-hybridized carbons (Fsp3) is 0.294. The summed E-state index contributed by atoms with van der Waals surface area (Å²) in [6.45, 7) is 2.39. The van der Waals surface area contributed by atoms with Crippen LogP contribution in [0.4, 0.5) is 0 Å². The average molecular weight is 387 g/mol. The summed E-state index contributed by atoms with van der Waals surface area (Å²) in [5.41, 5.74) is 0.332. The molecule has 11 heteroatoms. The van der Waals surface area contributed by atoms with E-state index in [1.807, 2.05) is 0 Å². The van der Waals surface area contributed by atoms with E-state index < -0.39 is 25.0 Å². The summed E-state index contributed by atoms with van der Waals surface area (Å²) in [5.74, 6) is -0.615. The maximum Gasteiger partial charge on any atom is 0.489 e. The molecular weight excluding hydrogens is 369 g/mol. The number of nitrogens with zero attached hydrogens (tertiary/aromatic N) is 2. The summed E-state index contributed by atoms with van der Waals surface area (Å²) < 4.78 is 11.9.